The molecule has 0 N–H and O–H groups in total. The van der Waals surface area contributed by atoms with Crippen LogP contribution in [0.5, 0.6) is 0 Å². The lowest BCUT2D eigenvalue weighted by Gasteiger charge is -2.42. The van der Waals surface area contributed by atoms with Crippen LogP contribution in [0.4, 0.5) is 10.1 Å². The van der Waals surface area contributed by atoms with E-state index in [9.17, 15) is 14.0 Å². The van der Waals surface area contributed by atoms with Crippen LogP contribution in [0.2, 0.25) is 5.02 Å². The number of anilines is 1. The number of piperidine rings is 1. The Hall–Kier alpha value is -1.62. The van der Waals surface area contributed by atoms with Crippen molar-refractivity contribution in [2.45, 2.75) is 25.3 Å². The maximum atomic E-state index is 14.0. The summed E-state index contributed by atoms with van der Waals surface area (Å²) in [4.78, 5) is 27.5. The van der Waals surface area contributed by atoms with E-state index in [1.165, 1.54) is 17.0 Å². The Morgan fingerprint density at radius 2 is 2.05 bits per heavy atom. The summed E-state index contributed by atoms with van der Waals surface area (Å²) in [5, 5.41) is 0.265. The molecule has 2 fully saturated rings. The lowest BCUT2D eigenvalue weighted by Crippen LogP contribution is -2.61. The summed E-state index contributed by atoms with van der Waals surface area (Å²) in [7, 11) is 0. The van der Waals surface area contributed by atoms with Gasteiger partial charge in [0.05, 0.1) is 5.69 Å². The third-order valence-electron chi connectivity index (χ3n) is 3.87. The summed E-state index contributed by atoms with van der Waals surface area (Å²) in [5.74, 6) is -0.905. The molecule has 2 amide bonds. The molecule has 0 bridgehead atoms. The second-order valence-electron chi connectivity index (χ2n) is 5.12. The second-order valence-corrected chi connectivity index (χ2v) is 5.56. The van der Waals surface area contributed by atoms with Gasteiger partial charge in [-0.3, -0.25) is 14.5 Å². The van der Waals surface area contributed by atoms with Gasteiger partial charge in [-0.25, -0.2) is 4.39 Å². The number of amides is 2. The maximum absolute atomic E-state index is 14.0. The highest BCUT2D eigenvalue weighted by Crippen LogP contribution is 2.29. The van der Waals surface area contributed by atoms with Gasteiger partial charge in [0.2, 0.25) is 11.8 Å². The largest absolute Gasteiger partial charge is 0.329 e. The summed E-state index contributed by atoms with van der Waals surface area (Å²) < 4.78 is 14.0. The molecule has 2 aliphatic heterocycles. The van der Waals surface area contributed by atoms with Gasteiger partial charge in [-0.2, -0.15) is 0 Å². The number of hydrogen-bond donors (Lipinski definition) is 0. The topological polar surface area (TPSA) is 40.6 Å². The van der Waals surface area contributed by atoms with Crippen molar-refractivity contribution in [2.24, 2.45) is 0 Å². The first-order chi connectivity index (χ1) is 9.58. The molecule has 3 rings (SSSR count). The van der Waals surface area contributed by atoms with Gasteiger partial charge < -0.3 is 4.90 Å². The molecule has 20 heavy (non-hydrogen) atoms. The zero-order valence-corrected chi connectivity index (χ0v) is 11.6. The predicted molar refractivity (Wildman–Crippen MR) is 73.1 cm³/mol. The molecule has 0 spiro atoms. The van der Waals surface area contributed by atoms with Crippen LogP contribution in [0.25, 0.3) is 0 Å². The minimum absolute atomic E-state index is 0.103. The number of rotatable bonds is 1. The molecular formula is C14H14ClFN2O2. The van der Waals surface area contributed by atoms with Crippen LogP contribution in [0.15, 0.2) is 18.2 Å². The molecule has 1 atom stereocenters. The molecule has 0 aromatic heterocycles. The van der Waals surface area contributed by atoms with Crippen molar-refractivity contribution in [3.8, 4) is 0 Å². The maximum Gasteiger partial charge on any atom is 0.250 e. The molecule has 4 nitrogen and oxygen atoms in total. The van der Waals surface area contributed by atoms with E-state index in [1.807, 2.05) is 0 Å². The van der Waals surface area contributed by atoms with E-state index in [-0.39, 0.29) is 29.1 Å². The van der Waals surface area contributed by atoms with Crippen LogP contribution < -0.4 is 4.90 Å². The zero-order valence-electron chi connectivity index (χ0n) is 10.8. The summed E-state index contributed by atoms with van der Waals surface area (Å²) in [6, 6.07) is 3.67. The Labute approximate surface area is 121 Å². The lowest BCUT2D eigenvalue weighted by atomic mass is 9.98. The standard InChI is InChI=1S/C14H14ClFN2O2/c15-9-4-5-11(10(16)7-9)18-8-13(19)17-6-2-1-3-12(17)14(18)20/h4-5,7,12H,1-3,6,8H2. The highest BCUT2D eigenvalue weighted by Gasteiger charge is 2.41. The quantitative estimate of drug-likeness (QED) is 0.797. The van der Waals surface area contributed by atoms with Crippen LogP contribution in [0, 0.1) is 5.82 Å². The predicted octanol–water partition coefficient (Wildman–Crippen LogP) is 2.21. The van der Waals surface area contributed by atoms with Crippen molar-refractivity contribution < 1.29 is 14.0 Å². The second kappa shape index (κ2) is 5.05. The van der Waals surface area contributed by atoms with Crippen molar-refractivity contribution in [1.29, 1.82) is 0 Å². The molecule has 0 aliphatic carbocycles. The summed E-state index contributed by atoms with van der Waals surface area (Å²) in [6.07, 6.45) is 2.48. The fourth-order valence-corrected chi connectivity index (χ4v) is 3.03. The van der Waals surface area contributed by atoms with Crippen LogP contribution >= 0.6 is 11.6 Å². The summed E-state index contributed by atoms with van der Waals surface area (Å²) >= 11 is 5.71. The number of nitrogens with zero attached hydrogens (tertiary/aromatic N) is 2. The summed E-state index contributed by atoms with van der Waals surface area (Å²) in [6.45, 7) is 0.514. The van der Waals surface area contributed by atoms with Crippen molar-refractivity contribution >= 4 is 29.1 Å². The fraction of sp³-hybridized carbons (Fsp3) is 0.429. The van der Waals surface area contributed by atoms with Crippen LogP contribution in [-0.2, 0) is 9.59 Å². The monoisotopic (exact) mass is 296 g/mol. The highest BCUT2D eigenvalue weighted by atomic mass is 35.5. The van der Waals surface area contributed by atoms with Gasteiger partial charge in [0.15, 0.2) is 0 Å². The Kier molecular flexibility index (Phi) is 3.38. The average Bonchev–Trinajstić information content (AvgIpc) is 2.43. The van der Waals surface area contributed by atoms with Crippen LogP contribution in [0.3, 0.4) is 0 Å². The summed E-state index contributed by atoms with van der Waals surface area (Å²) in [5.41, 5.74) is 0.123. The molecule has 2 aliphatic rings. The molecule has 0 saturated carbocycles. The number of fused-ring (bicyclic) bond motifs is 1. The van der Waals surface area contributed by atoms with Crippen molar-refractivity contribution in [2.75, 3.05) is 18.0 Å². The molecule has 2 saturated heterocycles. The van der Waals surface area contributed by atoms with Crippen molar-refractivity contribution in [3.63, 3.8) is 0 Å². The zero-order chi connectivity index (χ0) is 14.3. The van der Waals surface area contributed by atoms with Gasteiger partial charge in [-0.1, -0.05) is 11.6 Å². The minimum Gasteiger partial charge on any atom is -0.329 e. The smallest absolute Gasteiger partial charge is 0.250 e. The number of carbonyl (C=O) groups is 2. The average molecular weight is 297 g/mol. The van der Waals surface area contributed by atoms with Crippen LogP contribution in [0.1, 0.15) is 19.3 Å². The SMILES string of the molecule is O=C1C2CCCCN2C(=O)CN1c1ccc(Cl)cc1F. The van der Waals surface area contributed by atoms with E-state index < -0.39 is 11.9 Å². The Morgan fingerprint density at radius 1 is 1.25 bits per heavy atom. The first-order valence-electron chi connectivity index (χ1n) is 6.64. The van der Waals surface area contributed by atoms with E-state index in [0.29, 0.717) is 13.0 Å². The van der Waals surface area contributed by atoms with Crippen molar-refractivity contribution in [3.05, 3.63) is 29.0 Å². The Bertz CT molecular complexity index is 578. The number of carbonyl (C=O) groups excluding carboxylic acids is 2. The third kappa shape index (κ3) is 2.16. The highest BCUT2D eigenvalue weighted by molar-refractivity contribution is 6.30. The number of halogens is 2. The van der Waals surface area contributed by atoms with E-state index >= 15 is 0 Å². The molecular weight excluding hydrogens is 283 g/mol. The normalized spacial score (nSPS) is 23.0. The number of benzene rings is 1. The molecule has 106 valence electrons. The fourth-order valence-electron chi connectivity index (χ4n) is 2.87. The van der Waals surface area contributed by atoms with Gasteiger partial charge in [-0.15, -0.1) is 0 Å². The number of hydrogen-bond acceptors (Lipinski definition) is 2. The van der Waals surface area contributed by atoms with Gasteiger partial charge in [0.1, 0.15) is 18.4 Å². The molecule has 6 heteroatoms. The first-order valence-corrected chi connectivity index (χ1v) is 7.01. The van der Waals surface area contributed by atoms with E-state index in [0.717, 1.165) is 18.9 Å². The molecule has 1 unspecified atom stereocenters. The Morgan fingerprint density at radius 3 is 2.80 bits per heavy atom. The number of piperazine rings is 1. The van der Waals surface area contributed by atoms with E-state index in [4.69, 9.17) is 11.6 Å². The molecule has 2 heterocycles. The van der Waals surface area contributed by atoms with E-state index in [1.54, 1.807) is 4.90 Å². The van der Waals surface area contributed by atoms with E-state index in [2.05, 4.69) is 0 Å². The minimum atomic E-state index is -0.581. The molecule has 1 aromatic carbocycles. The van der Waals surface area contributed by atoms with Crippen LogP contribution in [-0.4, -0.2) is 35.8 Å². The van der Waals surface area contributed by atoms with Gasteiger partial charge in [-0.05, 0) is 37.5 Å². The lowest BCUT2D eigenvalue weighted by molar-refractivity contribution is -0.144. The molecule has 0 radical (unpaired) electrons. The third-order valence-corrected chi connectivity index (χ3v) is 4.10. The molecule has 1 aromatic rings. The van der Waals surface area contributed by atoms with Gasteiger partial charge >= 0.3 is 0 Å². The first kappa shape index (κ1) is 13.4. The van der Waals surface area contributed by atoms with Gasteiger partial charge in [0.25, 0.3) is 0 Å². The van der Waals surface area contributed by atoms with Crippen molar-refractivity contribution in [1.82, 2.24) is 4.90 Å². The Balaban J connectivity index is 1.94. The van der Waals surface area contributed by atoms with Gasteiger partial charge in [0, 0.05) is 11.6 Å².